The smallest absolute Gasteiger partial charge is 0.216 e. The van der Waals surface area contributed by atoms with Gasteiger partial charge in [0.1, 0.15) is 6.10 Å². The number of amides is 1. The summed E-state index contributed by atoms with van der Waals surface area (Å²) < 4.78 is 5.40. The average Bonchev–Trinajstić information content (AvgIpc) is 2.44. The van der Waals surface area contributed by atoms with Crippen molar-refractivity contribution in [3.8, 4) is 0 Å². The van der Waals surface area contributed by atoms with E-state index >= 15 is 0 Å². The van der Waals surface area contributed by atoms with Gasteiger partial charge in [0.15, 0.2) is 0 Å². The monoisotopic (exact) mass is 216 g/mol. The lowest BCUT2D eigenvalue weighted by molar-refractivity contribution is -0.119. The van der Waals surface area contributed by atoms with Gasteiger partial charge < -0.3 is 20.5 Å². The highest BCUT2D eigenvalue weighted by atomic mass is 16.5. The molecule has 0 aromatic rings. The van der Waals surface area contributed by atoms with Crippen molar-refractivity contribution in [3.63, 3.8) is 0 Å². The molecule has 88 valence electrons. The molecule has 3 atom stereocenters. The average molecular weight is 216 g/mol. The molecule has 0 aromatic carbocycles. The van der Waals surface area contributed by atoms with E-state index in [1.165, 1.54) is 6.92 Å². The molecule has 0 radical (unpaired) electrons. The number of rotatable bonds is 4. The summed E-state index contributed by atoms with van der Waals surface area (Å²) in [5.74, 6) is -0.105. The fraction of sp³-hybridized carbons (Fsp3) is 0.900. The molecule has 1 fully saturated rings. The molecule has 1 saturated heterocycles. The fourth-order valence-electron chi connectivity index (χ4n) is 1.68. The Labute approximate surface area is 90.2 Å². The Morgan fingerprint density at radius 3 is 2.80 bits per heavy atom. The fourth-order valence-corrected chi connectivity index (χ4v) is 1.68. The first-order valence-corrected chi connectivity index (χ1v) is 5.31. The van der Waals surface area contributed by atoms with Crippen molar-refractivity contribution in [2.45, 2.75) is 45.1 Å². The van der Waals surface area contributed by atoms with Crippen LogP contribution in [0.15, 0.2) is 0 Å². The standard InChI is InChI=1S/C10H20N2O3/c1-6(2)12-8-5-15-9(10(8)14)4-11-7(3)13/h6,8-10,12,14H,4-5H2,1-3H3,(H,11,13). The number of aliphatic hydroxyl groups is 1. The number of ether oxygens (including phenoxy) is 1. The van der Waals surface area contributed by atoms with Crippen LogP contribution in [0.5, 0.6) is 0 Å². The molecule has 1 aliphatic heterocycles. The molecular formula is C10H20N2O3. The molecular weight excluding hydrogens is 196 g/mol. The Bertz CT molecular complexity index is 221. The topological polar surface area (TPSA) is 70.6 Å². The minimum absolute atomic E-state index is 0.0382. The number of hydrogen-bond donors (Lipinski definition) is 3. The lowest BCUT2D eigenvalue weighted by atomic mass is 10.1. The molecule has 5 heteroatoms. The summed E-state index contributed by atoms with van der Waals surface area (Å²) in [7, 11) is 0. The van der Waals surface area contributed by atoms with Crippen molar-refractivity contribution in [2.24, 2.45) is 0 Å². The van der Waals surface area contributed by atoms with Crippen LogP contribution in [0.4, 0.5) is 0 Å². The van der Waals surface area contributed by atoms with Crippen LogP contribution in [0.25, 0.3) is 0 Å². The molecule has 1 amide bonds. The number of hydrogen-bond acceptors (Lipinski definition) is 4. The third kappa shape index (κ3) is 3.77. The van der Waals surface area contributed by atoms with Gasteiger partial charge in [0.05, 0.1) is 18.8 Å². The maximum atomic E-state index is 10.7. The Morgan fingerprint density at radius 2 is 2.27 bits per heavy atom. The minimum Gasteiger partial charge on any atom is -0.389 e. The SMILES string of the molecule is CC(=O)NCC1OCC(NC(C)C)C1O. The molecule has 1 rings (SSSR count). The van der Waals surface area contributed by atoms with Gasteiger partial charge in [-0.2, -0.15) is 0 Å². The van der Waals surface area contributed by atoms with Gasteiger partial charge in [-0.3, -0.25) is 4.79 Å². The molecule has 0 bridgehead atoms. The van der Waals surface area contributed by atoms with Crippen LogP contribution in [0.3, 0.4) is 0 Å². The van der Waals surface area contributed by atoms with Crippen molar-refractivity contribution in [1.29, 1.82) is 0 Å². The zero-order chi connectivity index (χ0) is 11.4. The summed E-state index contributed by atoms with van der Waals surface area (Å²) in [5.41, 5.74) is 0. The van der Waals surface area contributed by atoms with Gasteiger partial charge >= 0.3 is 0 Å². The molecule has 0 aliphatic carbocycles. The summed E-state index contributed by atoms with van der Waals surface area (Å²) in [4.78, 5) is 10.7. The number of carbonyl (C=O) groups is 1. The third-order valence-corrected chi connectivity index (χ3v) is 2.38. The Morgan fingerprint density at radius 1 is 1.60 bits per heavy atom. The predicted molar refractivity (Wildman–Crippen MR) is 56.5 cm³/mol. The Kier molecular flexibility index (Phi) is 4.50. The second kappa shape index (κ2) is 5.44. The predicted octanol–water partition coefficient (Wildman–Crippen LogP) is -0.751. The van der Waals surface area contributed by atoms with Gasteiger partial charge in [0.25, 0.3) is 0 Å². The van der Waals surface area contributed by atoms with E-state index in [0.717, 1.165) is 0 Å². The van der Waals surface area contributed by atoms with Crippen LogP contribution in [0.1, 0.15) is 20.8 Å². The van der Waals surface area contributed by atoms with E-state index in [-0.39, 0.29) is 18.1 Å². The normalized spacial score (nSPS) is 30.9. The van der Waals surface area contributed by atoms with Gasteiger partial charge in [-0.1, -0.05) is 13.8 Å². The maximum Gasteiger partial charge on any atom is 0.216 e. The summed E-state index contributed by atoms with van der Waals surface area (Å²) in [5, 5.41) is 15.7. The van der Waals surface area contributed by atoms with Gasteiger partial charge in [-0.25, -0.2) is 0 Å². The molecule has 0 spiro atoms. The van der Waals surface area contributed by atoms with Crippen molar-refractivity contribution in [3.05, 3.63) is 0 Å². The van der Waals surface area contributed by atoms with Crippen LogP contribution in [-0.4, -0.2) is 48.5 Å². The summed E-state index contributed by atoms with van der Waals surface area (Å²) in [6, 6.07) is 0.275. The summed E-state index contributed by atoms with van der Waals surface area (Å²) >= 11 is 0. The van der Waals surface area contributed by atoms with Crippen LogP contribution in [0, 0.1) is 0 Å². The van der Waals surface area contributed by atoms with E-state index in [1.54, 1.807) is 0 Å². The van der Waals surface area contributed by atoms with E-state index in [1.807, 2.05) is 13.8 Å². The zero-order valence-corrected chi connectivity index (χ0v) is 9.49. The van der Waals surface area contributed by atoms with E-state index in [4.69, 9.17) is 4.74 Å². The Balaban J connectivity index is 2.34. The van der Waals surface area contributed by atoms with Crippen molar-refractivity contribution in [1.82, 2.24) is 10.6 Å². The van der Waals surface area contributed by atoms with Gasteiger partial charge in [-0.05, 0) is 0 Å². The highest BCUT2D eigenvalue weighted by Gasteiger charge is 2.35. The lowest BCUT2D eigenvalue weighted by Crippen LogP contribution is -2.46. The van der Waals surface area contributed by atoms with Crippen molar-refractivity contribution in [2.75, 3.05) is 13.2 Å². The highest BCUT2D eigenvalue weighted by Crippen LogP contribution is 2.14. The molecule has 3 unspecified atom stereocenters. The van der Waals surface area contributed by atoms with Crippen LogP contribution in [0.2, 0.25) is 0 Å². The maximum absolute atomic E-state index is 10.7. The van der Waals surface area contributed by atoms with E-state index < -0.39 is 6.10 Å². The van der Waals surface area contributed by atoms with Gasteiger partial charge in [0.2, 0.25) is 5.91 Å². The van der Waals surface area contributed by atoms with E-state index in [2.05, 4.69) is 10.6 Å². The first-order chi connectivity index (χ1) is 7.00. The molecule has 1 heterocycles. The van der Waals surface area contributed by atoms with E-state index in [9.17, 15) is 9.90 Å². The van der Waals surface area contributed by atoms with Gasteiger partial charge in [-0.15, -0.1) is 0 Å². The minimum atomic E-state index is -0.556. The molecule has 3 N–H and O–H groups in total. The van der Waals surface area contributed by atoms with Gasteiger partial charge in [0, 0.05) is 19.5 Å². The van der Waals surface area contributed by atoms with Crippen LogP contribution >= 0.6 is 0 Å². The number of carbonyl (C=O) groups excluding carboxylic acids is 1. The number of nitrogens with one attached hydrogen (secondary N) is 2. The molecule has 0 saturated carbocycles. The largest absolute Gasteiger partial charge is 0.389 e. The zero-order valence-electron chi connectivity index (χ0n) is 9.49. The quantitative estimate of drug-likeness (QED) is 0.578. The summed E-state index contributed by atoms with van der Waals surface area (Å²) in [6.45, 7) is 6.35. The first-order valence-electron chi connectivity index (χ1n) is 5.31. The molecule has 15 heavy (non-hydrogen) atoms. The second-order valence-corrected chi connectivity index (χ2v) is 4.23. The molecule has 0 aromatic heterocycles. The lowest BCUT2D eigenvalue weighted by Gasteiger charge is -2.20. The highest BCUT2D eigenvalue weighted by molar-refractivity contribution is 5.72. The summed E-state index contributed by atoms with van der Waals surface area (Å²) in [6.07, 6.45) is -0.857. The molecule has 5 nitrogen and oxygen atoms in total. The second-order valence-electron chi connectivity index (χ2n) is 4.23. The Hall–Kier alpha value is -0.650. The molecule has 1 aliphatic rings. The first kappa shape index (κ1) is 12.4. The van der Waals surface area contributed by atoms with Crippen molar-refractivity contribution >= 4 is 5.91 Å². The third-order valence-electron chi connectivity index (χ3n) is 2.38. The van der Waals surface area contributed by atoms with E-state index in [0.29, 0.717) is 19.2 Å². The van der Waals surface area contributed by atoms with Crippen molar-refractivity contribution < 1.29 is 14.6 Å². The van der Waals surface area contributed by atoms with Crippen LogP contribution in [-0.2, 0) is 9.53 Å². The number of aliphatic hydroxyl groups excluding tert-OH is 1. The van der Waals surface area contributed by atoms with Crippen LogP contribution < -0.4 is 10.6 Å².